The van der Waals surface area contributed by atoms with E-state index in [1.54, 1.807) is 32.0 Å². The Labute approximate surface area is 125 Å². The summed E-state index contributed by atoms with van der Waals surface area (Å²) in [6.45, 7) is 5.88. The lowest BCUT2D eigenvalue weighted by atomic mass is 10.2. The van der Waals surface area contributed by atoms with E-state index in [1.807, 2.05) is 6.92 Å². The Morgan fingerprint density at radius 1 is 1.29 bits per heavy atom. The SMILES string of the molecule is CCCNS(=O)(=O)c1ccccc1NC(C)C(=O)OCC. The largest absolute Gasteiger partial charge is 0.464 e. The number of benzene rings is 1. The zero-order valence-corrected chi connectivity index (χ0v) is 13.4. The molecule has 0 aliphatic heterocycles. The van der Waals surface area contributed by atoms with Crippen LogP contribution in [0.2, 0.25) is 0 Å². The van der Waals surface area contributed by atoms with Crippen molar-refractivity contribution in [3.05, 3.63) is 24.3 Å². The molecule has 21 heavy (non-hydrogen) atoms. The quantitative estimate of drug-likeness (QED) is 0.714. The fourth-order valence-corrected chi connectivity index (χ4v) is 3.00. The first-order chi connectivity index (χ1) is 9.92. The smallest absolute Gasteiger partial charge is 0.328 e. The van der Waals surface area contributed by atoms with Gasteiger partial charge in [-0.3, -0.25) is 0 Å². The third kappa shape index (κ3) is 5.02. The molecule has 0 heterocycles. The van der Waals surface area contributed by atoms with Crippen LogP contribution in [0.5, 0.6) is 0 Å². The first-order valence-electron chi connectivity index (χ1n) is 6.94. The van der Waals surface area contributed by atoms with Crippen LogP contribution in [0, 0.1) is 0 Å². The van der Waals surface area contributed by atoms with E-state index in [2.05, 4.69) is 10.0 Å². The normalized spacial score (nSPS) is 12.7. The monoisotopic (exact) mass is 314 g/mol. The van der Waals surface area contributed by atoms with Gasteiger partial charge in [-0.15, -0.1) is 0 Å². The van der Waals surface area contributed by atoms with E-state index in [1.165, 1.54) is 6.07 Å². The summed E-state index contributed by atoms with van der Waals surface area (Å²) in [5.74, 6) is -0.425. The van der Waals surface area contributed by atoms with Crippen LogP contribution >= 0.6 is 0 Å². The second-order valence-corrected chi connectivity index (χ2v) is 6.25. The van der Waals surface area contributed by atoms with E-state index in [9.17, 15) is 13.2 Å². The van der Waals surface area contributed by atoms with E-state index in [0.717, 1.165) is 0 Å². The van der Waals surface area contributed by atoms with Gasteiger partial charge in [0.15, 0.2) is 0 Å². The minimum atomic E-state index is -3.60. The van der Waals surface area contributed by atoms with Gasteiger partial charge in [-0.05, 0) is 32.4 Å². The second kappa shape index (κ2) is 7.99. The summed E-state index contributed by atoms with van der Waals surface area (Å²) >= 11 is 0. The average Bonchev–Trinajstić information content (AvgIpc) is 2.46. The molecule has 1 unspecified atom stereocenters. The number of carbonyl (C=O) groups is 1. The minimum absolute atomic E-state index is 0.120. The molecule has 1 atom stereocenters. The van der Waals surface area contributed by atoms with Crippen molar-refractivity contribution in [1.82, 2.24) is 4.72 Å². The molecule has 2 N–H and O–H groups in total. The maximum atomic E-state index is 12.2. The molecule has 7 heteroatoms. The lowest BCUT2D eigenvalue weighted by Crippen LogP contribution is -2.30. The Morgan fingerprint density at radius 3 is 2.57 bits per heavy atom. The van der Waals surface area contributed by atoms with Crippen LogP contribution in [0.15, 0.2) is 29.2 Å². The number of esters is 1. The summed E-state index contributed by atoms with van der Waals surface area (Å²) in [7, 11) is -3.60. The number of para-hydroxylation sites is 1. The molecule has 0 saturated carbocycles. The molecule has 0 aromatic heterocycles. The molecule has 6 nitrogen and oxygen atoms in total. The van der Waals surface area contributed by atoms with Gasteiger partial charge < -0.3 is 10.1 Å². The summed E-state index contributed by atoms with van der Waals surface area (Å²) in [4.78, 5) is 11.8. The fraction of sp³-hybridized carbons (Fsp3) is 0.500. The molecular formula is C14H22N2O4S. The summed E-state index contributed by atoms with van der Waals surface area (Å²) in [5, 5.41) is 2.88. The molecule has 0 radical (unpaired) electrons. The summed E-state index contributed by atoms with van der Waals surface area (Å²) < 4.78 is 31.9. The highest BCUT2D eigenvalue weighted by atomic mass is 32.2. The average molecular weight is 314 g/mol. The first-order valence-corrected chi connectivity index (χ1v) is 8.42. The Hall–Kier alpha value is -1.60. The van der Waals surface area contributed by atoms with Crippen LogP contribution in [-0.2, 0) is 19.6 Å². The Kier molecular flexibility index (Phi) is 6.64. The van der Waals surface area contributed by atoms with Gasteiger partial charge in [-0.2, -0.15) is 0 Å². The second-order valence-electron chi connectivity index (χ2n) is 4.51. The predicted octanol–water partition coefficient (Wildman–Crippen LogP) is 1.74. The number of hydrogen-bond acceptors (Lipinski definition) is 5. The molecule has 0 spiro atoms. The Morgan fingerprint density at radius 2 is 1.95 bits per heavy atom. The lowest BCUT2D eigenvalue weighted by Gasteiger charge is -2.17. The highest BCUT2D eigenvalue weighted by Gasteiger charge is 2.20. The maximum Gasteiger partial charge on any atom is 0.328 e. The van der Waals surface area contributed by atoms with Crippen LogP contribution in [0.4, 0.5) is 5.69 Å². The van der Waals surface area contributed by atoms with Crippen LogP contribution in [-0.4, -0.2) is 33.6 Å². The third-order valence-corrected chi connectivity index (χ3v) is 4.25. The van der Waals surface area contributed by atoms with Crippen molar-refractivity contribution in [1.29, 1.82) is 0 Å². The molecule has 0 fully saturated rings. The van der Waals surface area contributed by atoms with Gasteiger partial charge >= 0.3 is 5.97 Å². The fourth-order valence-electron chi connectivity index (χ4n) is 1.69. The van der Waals surface area contributed by atoms with Crippen molar-refractivity contribution < 1.29 is 17.9 Å². The molecule has 118 valence electrons. The topological polar surface area (TPSA) is 84.5 Å². The molecule has 1 rings (SSSR count). The highest BCUT2D eigenvalue weighted by molar-refractivity contribution is 7.89. The van der Waals surface area contributed by atoms with Gasteiger partial charge in [-0.1, -0.05) is 19.1 Å². The van der Waals surface area contributed by atoms with Crippen LogP contribution in [0.1, 0.15) is 27.2 Å². The van der Waals surface area contributed by atoms with E-state index >= 15 is 0 Å². The summed E-state index contributed by atoms with van der Waals surface area (Å²) in [6.07, 6.45) is 0.702. The predicted molar refractivity (Wildman–Crippen MR) is 81.6 cm³/mol. The van der Waals surface area contributed by atoms with Crippen molar-refractivity contribution in [3.63, 3.8) is 0 Å². The Balaban J connectivity index is 2.97. The molecule has 0 amide bonds. The van der Waals surface area contributed by atoms with Crippen LogP contribution in [0.25, 0.3) is 0 Å². The Bertz CT molecular complexity index is 572. The van der Waals surface area contributed by atoms with E-state index in [-0.39, 0.29) is 11.5 Å². The van der Waals surface area contributed by atoms with Gasteiger partial charge in [0.2, 0.25) is 10.0 Å². The van der Waals surface area contributed by atoms with Gasteiger partial charge in [0, 0.05) is 6.54 Å². The molecular weight excluding hydrogens is 292 g/mol. The van der Waals surface area contributed by atoms with E-state index in [0.29, 0.717) is 18.7 Å². The molecule has 0 bridgehead atoms. The number of rotatable bonds is 8. The highest BCUT2D eigenvalue weighted by Crippen LogP contribution is 2.21. The number of carbonyl (C=O) groups excluding carboxylic acids is 1. The van der Waals surface area contributed by atoms with E-state index in [4.69, 9.17) is 4.74 Å². The van der Waals surface area contributed by atoms with Crippen molar-refractivity contribution in [2.75, 3.05) is 18.5 Å². The van der Waals surface area contributed by atoms with Gasteiger partial charge in [0.05, 0.1) is 12.3 Å². The molecule has 0 aliphatic carbocycles. The summed E-state index contributed by atoms with van der Waals surface area (Å²) in [5.41, 5.74) is 0.377. The van der Waals surface area contributed by atoms with E-state index < -0.39 is 22.0 Å². The third-order valence-electron chi connectivity index (χ3n) is 2.73. The molecule has 0 saturated heterocycles. The van der Waals surface area contributed by atoms with Crippen molar-refractivity contribution in [3.8, 4) is 0 Å². The maximum absolute atomic E-state index is 12.2. The van der Waals surface area contributed by atoms with Crippen molar-refractivity contribution in [2.24, 2.45) is 0 Å². The number of nitrogens with one attached hydrogen (secondary N) is 2. The first kappa shape index (κ1) is 17.5. The zero-order chi connectivity index (χ0) is 15.9. The van der Waals surface area contributed by atoms with Crippen LogP contribution in [0.3, 0.4) is 0 Å². The van der Waals surface area contributed by atoms with Gasteiger partial charge in [0.1, 0.15) is 10.9 Å². The van der Waals surface area contributed by atoms with Gasteiger partial charge in [0.25, 0.3) is 0 Å². The van der Waals surface area contributed by atoms with Crippen LogP contribution < -0.4 is 10.0 Å². The number of sulfonamides is 1. The molecule has 0 aliphatic rings. The number of anilines is 1. The van der Waals surface area contributed by atoms with Gasteiger partial charge in [-0.25, -0.2) is 17.9 Å². The number of ether oxygens (including phenoxy) is 1. The molecule has 1 aromatic carbocycles. The lowest BCUT2D eigenvalue weighted by molar-refractivity contribution is -0.143. The van der Waals surface area contributed by atoms with Crippen molar-refractivity contribution in [2.45, 2.75) is 38.1 Å². The summed E-state index contributed by atoms with van der Waals surface area (Å²) in [6, 6.07) is 5.83. The number of hydrogen-bond donors (Lipinski definition) is 2. The minimum Gasteiger partial charge on any atom is -0.464 e. The molecule has 1 aromatic rings. The standard InChI is InChI=1S/C14H22N2O4S/c1-4-10-15-21(18,19)13-9-7-6-8-12(13)16-11(3)14(17)20-5-2/h6-9,11,15-16H,4-5,10H2,1-3H3. The zero-order valence-electron chi connectivity index (χ0n) is 12.5. The van der Waals surface area contributed by atoms with Crippen molar-refractivity contribution >= 4 is 21.7 Å².